The van der Waals surface area contributed by atoms with Gasteiger partial charge in [0.25, 0.3) is 0 Å². The summed E-state index contributed by atoms with van der Waals surface area (Å²) in [6, 6.07) is 18.0. The van der Waals surface area contributed by atoms with E-state index in [0.717, 1.165) is 17.0 Å². The van der Waals surface area contributed by atoms with Crippen LogP contribution in [0.5, 0.6) is 5.75 Å². The van der Waals surface area contributed by atoms with Gasteiger partial charge >= 0.3 is 0 Å². The lowest BCUT2D eigenvalue weighted by Crippen LogP contribution is -2.15. The third kappa shape index (κ3) is 2.99. The van der Waals surface area contributed by atoms with E-state index >= 15 is 0 Å². The molecule has 1 heterocycles. The largest absolute Gasteiger partial charge is 0.497 e. The number of aromatic nitrogens is 1. The number of nitrogens with two attached hydrogens (primary N) is 1. The molecule has 6 heteroatoms. The maximum atomic E-state index is 11.8. The minimum Gasteiger partial charge on any atom is -0.497 e. The summed E-state index contributed by atoms with van der Waals surface area (Å²) in [6.07, 6.45) is 1.81. The van der Waals surface area contributed by atoms with Crippen LogP contribution in [-0.4, -0.2) is 20.1 Å². The number of ether oxygens (including phenoxy) is 1. The molecule has 0 aliphatic carbocycles. The molecular weight excluding hydrogens is 312 g/mol. The van der Waals surface area contributed by atoms with Gasteiger partial charge in [-0.3, -0.25) is 0 Å². The van der Waals surface area contributed by atoms with Crippen molar-refractivity contribution in [2.24, 2.45) is 5.14 Å². The first kappa shape index (κ1) is 15.3. The van der Waals surface area contributed by atoms with Crippen molar-refractivity contribution in [2.45, 2.75) is 4.90 Å². The van der Waals surface area contributed by atoms with Gasteiger partial charge < -0.3 is 9.30 Å². The summed E-state index contributed by atoms with van der Waals surface area (Å²) in [4.78, 5) is 0.0889. The van der Waals surface area contributed by atoms with E-state index in [4.69, 9.17) is 9.88 Å². The minimum atomic E-state index is -3.81. The van der Waals surface area contributed by atoms with Gasteiger partial charge in [0.15, 0.2) is 0 Å². The van der Waals surface area contributed by atoms with Crippen LogP contribution in [0.15, 0.2) is 71.8 Å². The van der Waals surface area contributed by atoms with E-state index in [-0.39, 0.29) is 4.90 Å². The first-order valence-electron chi connectivity index (χ1n) is 6.95. The number of benzene rings is 2. The Morgan fingerprint density at radius 3 is 2.30 bits per heavy atom. The van der Waals surface area contributed by atoms with E-state index in [1.165, 1.54) is 6.07 Å². The molecule has 0 unspecified atom stereocenters. The van der Waals surface area contributed by atoms with Gasteiger partial charge in [0.05, 0.1) is 18.5 Å². The van der Waals surface area contributed by atoms with Gasteiger partial charge in [0.1, 0.15) is 10.6 Å². The SMILES string of the molecule is COc1ccc(-c2cccn2-c2ccccc2S(N)(=O)=O)cc1. The van der Waals surface area contributed by atoms with Crippen LogP contribution in [0.4, 0.5) is 0 Å². The Balaban J connectivity index is 2.15. The lowest BCUT2D eigenvalue weighted by atomic mass is 10.1. The van der Waals surface area contributed by atoms with Crippen molar-refractivity contribution in [3.05, 3.63) is 66.9 Å². The van der Waals surface area contributed by atoms with Crippen LogP contribution in [0.25, 0.3) is 16.9 Å². The highest BCUT2D eigenvalue weighted by atomic mass is 32.2. The van der Waals surface area contributed by atoms with Crippen LogP contribution >= 0.6 is 0 Å². The highest BCUT2D eigenvalue weighted by Crippen LogP contribution is 2.28. The summed E-state index contributed by atoms with van der Waals surface area (Å²) < 4.78 is 30.6. The lowest BCUT2D eigenvalue weighted by Gasteiger charge is -2.13. The molecule has 0 bridgehead atoms. The van der Waals surface area contributed by atoms with E-state index in [9.17, 15) is 8.42 Å². The van der Waals surface area contributed by atoms with Crippen molar-refractivity contribution in [3.8, 4) is 22.7 Å². The van der Waals surface area contributed by atoms with Crippen molar-refractivity contribution in [2.75, 3.05) is 7.11 Å². The molecule has 5 nitrogen and oxygen atoms in total. The zero-order valence-corrected chi connectivity index (χ0v) is 13.3. The average molecular weight is 328 g/mol. The maximum Gasteiger partial charge on any atom is 0.240 e. The molecule has 3 rings (SSSR count). The van der Waals surface area contributed by atoms with Crippen LogP contribution in [0.2, 0.25) is 0 Å². The highest BCUT2D eigenvalue weighted by molar-refractivity contribution is 7.89. The third-order valence-corrected chi connectivity index (χ3v) is 4.52. The molecule has 0 saturated carbocycles. The Hall–Kier alpha value is -2.57. The number of sulfonamides is 1. The van der Waals surface area contributed by atoms with E-state index in [1.54, 1.807) is 25.3 Å². The third-order valence-electron chi connectivity index (χ3n) is 3.57. The average Bonchev–Trinajstić information content (AvgIpc) is 3.03. The second-order valence-electron chi connectivity index (χ2n) is 5.00. The number of nitrogens with zero attached hydrogens (tertiary/aromatic N) is 1. The van der Waals surface area contributed by atoms with Crippen LogP contribution < -0.4 is 9.88 Å². The summed E-state index contributed by atoms with van der Waals surface area (Å²) in [5, 5.41) is 5.33. The van der Waals surface area contributed by atoms with Crippen molar-refractivity contribution < 1.29 is 13.2 Å². The van der Waals surface area contributed by atoms with Crippen molar-refractivity contribution in [1.29, 1.82) is 0 Å². The van der Waals surface area contributed by atoms with Crippen LogP contribution in [0.1, 0.15) is 0 Å². The molecular formula is C17H16N2O3S. The van der Waals surface area contributed by atoms with Crippen LogP contribution in [-0.2, 0) is 10.0 Å². The molecule has 23 heavy (non-hydrogen) atoms. The number of para-hydroxylation sites is 1. The Morgan fingerprint density at radius 2 is 1.65 bits per heavy atom. The summed E-state index contributed by atoms with van der Waals surface area (Å²) in [6.45, 7) is 0. The Labute approximate surface area is 135 Å². The highest BCUT2D eigenvalue weighted by Gasteiger charge is 2.16. The number of hydrogen-bond acceptors (Lipinski definition) is 3. The number of rotatable bonds is 4. The molecule has 0 atom stereocenters. The summed E-state index contributed by atoms with van der Waals surface area (Å²) >= 11 is 0. The molecule has 118 valence electrons. The van der Waals surface area contributed by atoms with Crippen LogP contribution in [0.3, 0.4) is 0 Å². The van der Waals surface area contributed by atoms with Crippen molar-refractivity contribution in [1.82, 2.24) is 4.57 Å². The molecule has 2 aromatic carbocycles. The second kappa shape index (κ2) is 5.91. The van der Waals surface area contributed by atoms with Gasteiger partial charge in [-0.25, -0.2) is 13.6 Å². The summed E-state index contributed by atoms with van der Waals surface area (Å²) in [7, 11) is -2.20. The Kier molecular flexibility index (Phi) is 3.94. The fourth-order valence-electron chi connectivity index (χ4n) is 2.48. The van der Waals surface area contributed by atoms with E-state index in [2.05, 4.69) is 0 Å². The number of hydrogen-bond donors (Lipinski definition) is 1. The second-order valence-corrected chi connectivity index (χ2v) is 6.53. The Bertz CT molecular complexity index is 928. The first-order valence-corrected chi connectivity index (χ1v) is 8.49. The quantitative estimate of drug-likeness (QED) is 0.800. The summed E-state index contributed by atoms with van der Waals surface area (Å²) in [5.41, 5.74) is 2.33. The molecule has 1 aromatic heterocycles. The van der Waals surface area contributed by atoms with E-state index in [1.807, 2.05) is 47.2 Å². The van der Waals surface area contributed by atoms with Gasteiger partial charge in [0, 0.05) is 6.20 Å². The molecule has 3 aromatic rings. The first-order chi connectivity index (χ1) is 11.0. The predicted octanol–water partition coefficient (Wildman–Crippen LogP) is 2.80. The Morgan fingerprint density at radius 1 is 0.957 bits per heavy atom. The molecule has 0 saturated heterocycles. The molecule has 0 aliphatic rings. The predicted molar refractivity (Wildman–Crippen MR) is 89.1 cm³/mol. The molecule has 0 radical (unpaired) electrons. The van der Waals surface area contributed by atoms with E-state index in [0.29, 0.717) is 5.69 Å². The summed E-state index contributed by atoms with van der Waals surface area (Å²) in [5.74, 6) is 0.761. The zero-order valence-electron chi connectivity index (χ0n) is 12.5. The van der Waals surface area contributed by atoms with Crippen molar-refractivity contribution >= 4 is 10.0 Å². The molecule has 0 fully saturated rings. The lowest BCUT2D eigenvalue weighted by molar-refractivity contribution is 0.415. The smallest absolute Gasteiger partial charge is 0.240 e. The van der Waals surface area contributed by atoms with Gasteiger partial charge in [-0.2, -0.15) is 0 Å². The normalized spacial score (nSPS) is 11.4. The molecule has 0 spiro atoms. The molecule has 0 amide bonds. The molecule has 2 N–H and O–H groups in total. The van der Waals surface area contributed by atoms with Gasteiger partial charge in [-0.1, -0.05) is 12.1 Å². The number of primary sulfonamides is 1. The number of methoxy groups -OCH3 is 1. The van der Waals surface area contributed by atoms with Gasteiger partial charge in [-0.15, -0.1) is 0 Å². The molecule has 0 aliphatic heterocycles. The van der Waals surface area contributed by atoms with E-state index < -0.39 is 10.0 Å². The van der Waals surface area contributed by atoms with Crippen molar-refractivity contribution in [3.63, 3.8) is 0 Å². The minimum absolute atomic E-state index is 0.0889. The van der Waals surface area contributed by atoms with Crippen LogP contribution in [0, 0.1) is 0 Å². The fraction of sp³-hybridized carbons (Fsp3) is 0.0588. The fourth-order valence-corrected chi connectivity index (χ4v) is 3.21. The van der Waals surface area contributed by atoms with Gasteiger partial charge in [0.2, 0.25) is 10.0 Å². The zero-order chi connectivity index (χ0) is 16.4. The monoisotopic (exact) mass is 328 g/mol. The van der Waals surface area contributed by atoms with Gasteiger partial charge in [-0.05, 0) is 54.1 Å². The topological polar surface area (TPSA) is 74.3 Å². The maximum absolute atomic E-state index is 11.8. The standard InChI is InChI=1S/C17H16N2O3S/c1-22-14-10-8-13(9-11-14)15-6-4-12-19(15)16-5-2-3-7-17(16)23(18,20)21/h2-12H,1H3,(H2,18,20,21).